The van der Waals surface area contributed by atoms with Gasteiger partial charge in [0.2, 0.25) is 6.29 Å². The summed E-state index contributed by atoms with van der Waals surface area (Å²) in [7, 11) is 0. The third-order valence-electron chi connectivity index (χ3n) is 9.05. The number of esters is 1. The molecule has 2 aromatic rings. The van der Waals surface area contributed by atoms with Crippen LogP contribution in [0.25, 0.3) is 0 Å². The zero-order valence-electron chi connectivity index (χ0n) is 27.2. The molecule has 17 heteroatoms. The van der Waals surface area contributed by atoms with Gasteiger partial charge in [-0.15, -0.1) is 12.4 Å². The summed E-state index contributed by atoms with van der Waals surface area (Å²) >= 11 is 6.14. The molecule has 3 saturated heterocycles. The van der Waals surface area contributed by atoms with E-state index in [9.17, 15) is 40.5 Å². The molecule has 2 aromatic carbocycles. The SMILES string of the molecule is Cl.O=C(COCCN1CCN(C(c2ccccc2)c2ccc(Cl)cc2)CC1)OC1OC(CO)C(OC2OC(CO)C(O)C(O)C2O)C(O)C1O. The first-order chi connectivity index (χ1) is 23.6. The first kappa shape index (κ1) is 40.7. The predicted molar refractivity (Wildman–Crippen MR) is 178 cm³/mol. The van der Waals surface area contributed by atoms with Crippen LogP contribution in [-0.4, -0.2) is 172 Å². The Kier molecular flexibility index (Phi) is 15.6. The second-order valence-corrected chi connectivity index (χ2v) is 12.7. The monoisotopic (exact) mass is 748 g/mol. The number of rotatable bonds is 13. The van der Waals surface area contributed by atoms with Crippen LogP contribution in [-0.2, 0) is 28.5 Å². The molecule has 0 aromatic heterocycles. The summed E-state index contributed by atoms with van der Waals surface area (Å²) in [5.74, 6) is -0.875. The van der Waals surface area contributed by atoms with Crippen molar-refractivity contribution in [3.05, 3.63) is 70.7 Å². The van der Waals surface area contributed by atoms with E-state index < -0.39 is 87.2 Å². The van der Waals surface area contributed by atoms with Crippen LogP contribution in [0.1, 0.15) is 17.2 Å². The summed E-state index contributed by atoms with van der Waals surface area (Å²) in [6, 6.07) is 18.3. The van der Waals surface area contributed by atoms with Crippen LogP contribution in [0.15, 0.2) is 54.6 Å². The maximum absolute atomic E-state index is 12.5. The lowest BCUT2D eigenvalue weighted by molar-refractivity contribution is -0.356. The number of carbonyl (C=O) groups excluding carboxylic acids is 1. The second kappa shape index (κ2) is 19.2. The average molecular weight is 750 g/mol. The second-order valence-electron chi connectivity index (χ2n) is 12.3. The van der Waals surface area contributed by atoms with E-state index in [2.05, 4.69) is 34.1 Å². The zero-order valence-corrected chi connectivity index (χ0v) is 28.7. The number of ether oxygens (including phenoxy) is 5. The van der Waals surface area contributed by atoms with Gasteiger partial charge in [0.25, 0.3) is 0 Å². The van der Waals surface area contributed by atoms with Gasteiger partial charge in [0.05, 0.1) is 25.9 Å². The maximum atomic E-state index is 12.5. The Morgan fingerprint density at radius 2 is 1.38 bits per heavy atom. The van der Waals surface area contributed by atoms with Crippen molar-refractivity contribution in [2.24, 2.45) is 0 Å². The molecule has 5 rings (SSSR count). The topological polar surface area (TPSA) is 211 Å². The van der Waals surface area contributed by atoms with Gasteiger partial charge in [-0.1, -0.05) is 54.1 Å². The number of aliphatic hydroxyl groups is 7. The van der Waals surface area contributed by atoms with Crippen molar-refractivity contribution in [2.45, 2.75) is 67.5 Å². The lowest BCUT2D eigenvalue weighted by Gasteiger charge is -2.45. The fourth-order valence-corrected chi connectivity index (χ4v) is 6.43. The maximum Gasteiger partial charge on any atom is 0.334 e. The van der Waals surface area contributed by atoms with E-state index in [4.69, 9.17) is 35.3 Å². The highest BCUT2D eigenvalue weighted by molar-refractivity contribution is 6.30. The Morgan fingerprint density at radius 3 is 2.02 bits per heavy atom. The minimum Gasteiger partial charge on any atom is -0.431 e. The number of halogens is 2. The van der Waals surface area contributed by atoms with Crippen molar-refractivity contribution in [1.82, 2.24) is 9.80 Å². The van der Waals surface area contributed by atoms with Gasteiger partial charge in [-0.2, -0.15) is 0 Å². The molecule has 3 aliphatic rings. The summed E-state index contributed by atoms with van der Waals surface area (Å²) in [4.78, 5) is 17.2. The van der Waals surface area contributed by atoms with Crippen molar-refractivity contribution in [2.75, 3.05) is 59.2 Å². The fourth-order valence-electron chi connectivity index (χ4n) is 6.31. The lowest BCUT2D eigenvalue weighted by atomic mass is 9.96. The molecule has 0 radical (unpaired) electrons. The standard InChI is InChI=1S/C33H45ClN2O13.ClH/c34-21-8-6-20(7-9-21)25(19-4-2-1-3-5-19)36-12-10-35(11-13-36)14-15-45-18-24(39)48-32-30(44)28(42)31(23(17-38)47-32)49-33-29(43)27(41)26(40)22(16-37)46-33;/h1-9,22-23,25-33,37-38,40-44H,10-18H2;1H. The summed E-state index contributed by atoms with van der Waals surface area (Å²) in [5, 5.41) is 71.5. The largest absolute Gasteiger partial charge is 0.431 e. The lowest BCUT2D eigenvalue weighted by Crippen LogP contribution is -2.64. The molecule has 3 aliphatic heterocycles. The van der Waals surface area contributed by atoms with Gasteiger partial charge in [-0.05, 0) is 23.3 Å². The molecular formula is C33H46Cl2N2O13. The molecule has 11 unspecified atom stereocenters. The Balaban J connectivity index is 0.00000562. The van der Waals surface area contributed by atoms with Gasteiger partial charge in [-0.25, -0.2) is 4.79 Å². The van der Waals surface area contributed by atoms with E-state index in [1.54, 1.807) is 0 Å². The highest BCUT2D eigenvalue weighted by Crippen LogP contribution is 2.31. The first-order valence-electron chi connectivity index (χ1n) is 16.2. The van der Waals surface area contributed by atoms with Gasteiger partial charge in [-0.3, -0.25) is 9.80 Å². The van der Waals surface area contributed by atoms with Crippen LogP contribution < -0.4 is 0 Å². The summed E-state index contributed by atoms with van der Waals surface area (Å²) in [6.45, 7) is 2.10. The number of piperazine rings is 1. The van der Waals surface area contributed by atoms with Gasteiger partial charge < -0.3 is 59.4 Å². The molecule has 0 aliphatic carbocycles. The molecular weight excluding hydrogens is 703 g/mol. The number of nitrogens with zero attached hydrogens (tertiary/aromatic N) is 2. The van der Waals surface area contributed by atoms with Crippen molar-refractivity contribution in [3.63, 3.8) is 0 Å². The third-order valence-corrected chi connectivity index (χ3v) is 9.30. The van der Waals surface area contributed by atoms with Crippen LogP contribution in [0, 0.1) is 0 Å². The molecule has 0 amide bonds. The highest BCUT2D eigenvalue weighted by atomic mass is 35.5. The van der Waals surface area contributed by atoms with E-state index in [1.165, 1.54) is 5.56 Å². The van der Waals surface area contributed by atoms with E-state index in [0.29, 0.717) is 11.6 Å². The average Bonchev–Trinajstić information content (AvgIpc) is 3.12. The van der Waals surface area contributed by atoms with E-state index in [0.717, 1.165) is 31.7 Å². The van der Waals surface area contributed by atoms with Crippen molar-refractivity contribution in [3.8, 4) is 0 Å². The van der Waals surface area contributed by atoms with Crippen LogP contribution in [0.4, 0.5) is 0 Å². The van der Waals surface area contributed by atoms with Gasteiger partial charge >= 0.3 is 5.97 Å². The van der Waals surface area contributed by atoms with E-state index in [-0.39, 0.29) is 25.1 Å². The normalized spacial score (nSPS) is 33.0. The molecule has 11 atom stereocenters. The minimum atomic E-state index is -1.83. The Bertz CT molecular complexity index is 1310. The molecule has 15 nitrogen and oxygen atoms in total. The summed E-state index contributed by atoms with van der Waals surface area (Å²) < 4.78 is 27.0. The molecule has 7 N–H and O–H groups in total. The third kappa shape index (κ3) is 9.89. The molecule has 50 heavy (non-hydrogen) atoms. The molecule has 3 fully saturated rings. The Morgan fingerprint density at radius 1 is 0.780 bits per heavy atom. The summed E-state index contributed by atoms with van der Waals surface area (Å²) in [6.07, 6.45) is -16.3. The van der Waals surface area contributed by atoms with E-state index in [1.807, 2.05) is 30.3 Å². The fraction of sp³-hybridized carbons (Fsp3) is 0.606. The number of hydrogen-bond acceptors (Lipinski definition) is 15. The number of hydrogen-bond donors (Lipinski definition) is 7. The molecule has 0 spiro atoms. The van der Waals surface area contributed by atoms with Crippen molar-refractivity contribution >= 4 is 30.0 Å². The summed E-state index contributed by atoms with van der Waals surface area (Å²) in [5.41, 5.74) is 2.36. The molecule has 3 heterocycles. The van der Waals surface area contributed by atoms with E-state index >= 15 is 0 Å². The number of benzene rings is 2. The van der Waals surface area contributed by atoms with Crippen LogP contribution >= 0.6 is 24.0 Å². The highest BCUT2D eigenvalue weighted by Gasteiger charge is 2.51. The zero-order chi connectivity index (χ0) is 35.1. The molecule has 0 bridgehead atoms. The smallest absolute Gasteiger partial charge is 0.334 e. The van der Waals surface area contributed by atoms with Crippen molar-refractivity contribution < 1.29 is 64.2 Å². The van der Waals surface area contributed by atoms with Gasteiger partial charge in [0.15, 0.2) is 6.29 Å². The van der Waals surface area contributed by atoms with Crippen LogP contribution in [0.2, 0.25) is 5.02 Å². The number of aliphatic hydroxyl groups excluding tert-OH is 7. The minimum absolute atomic E-state index is 0. The Hall–Kier alpha value is -2.03. The van der Waals surface area contributed by atoms with Crippen LogP contribution in [0.5, 0.6) is 0 Å². The van der Waals surface area contributed by atoms with Crippen LogP contribution in [0.3, 0.4) is 0 Å². The molecule has 0 saturated carbocycles. The predicted octanol–water partition coefficient (Wildman–Crippen LogP) is -1.35. The quantitative estimate of drug-likeness (QED) is 0.0933. The molecule has 280 valence electrons. The van der Waals surface area contributed by atoms with Gasteiger partial charge in [0, 0.05) is 37.7 Å². The first-order valence-corrected chi connectivity index (χ1v) is 16.6. The number of carbonyl (C=O) groups is 1. The van der Waals surface area contributed by atoms with Gasteiger partial charge in [0.1, 0.15) is 55.4 Å². The Labute approximate surface area is 300 Å². The van der Waals surface area contributed by atoms with Crippen molar-refractivity contribution in [1.29, 1.82) is 0 Å².